The van der Waals surface area contributed by atoms with Crippen molar-refractivity contribution in [3.8, 4) is 28.4 Å². The van der Waals surface area contributed by atoms with Gasteiger partial charge < -0.3 is 28.7 Å². The number of carbonyl (C=O) groups is 1. The monoisotopic (exact) mass is 467 g/mol. The van der Waals surface area contributed by atoms with Crippen LogP contribution in [0.5, 0.6) is 17.2 Å². The molecule has 0 saturated heterocycles. The molecule has 0 aliphatic heterocycles. The van der Waals surface area contributed by atoms with Gasteiger partial charge in [-0.05, 0) is 56.5 Å². The molecule has 2 aromatic carbocycles. The zero-order chi connectivity index (χ0) is 24.5. The van der Waals surface area contributed by atoms with E-state index in [-0.39, 0.29) is 5.91 Å². The highest BCUT2D eigenvalue weighted by Crippen LogP contribution is 2.40. The molecule has 0 unspecified atom stereocenters. The van der Waals surface area contributed by atoms with Crippen molar-refractivity contribution in [3.63, 3.8) is 0 Å². The van der Waals surface area contributed by atoms with E-state index in [1.165, 1.54) is 0 Å². The number of amides is 1. The number of furan rings is 1. The number of rotatable bonds is 12. The number of nitrogens with one attached hydrogen (secondary N) is 1. The van der Waals surface area contributed by atoms with Crippen molar-refractivity contribution < 1.29 is 28.2 Å². The Hall–Kier alpha value is -3.45. The fourth-order valence-corrected chi connectivity index (χ4v) is 3.72. The molecule has 0 bridgehead atoms. The quantitative estimate of drug-likeness (QED) is 0.281. The summed E-state index contributed by atoms with van der Waals surface area (Å²) in [5, 5.41) is 3.82. The van der Waals surface area contributed by atoms with E-state index in [1.807, 2.05) is 51.1 Å². The molecule has 1 aromatic heterocycles. The number of hydrogen-bond acceptors (Lipinski definition) is 6. The summed E-state index contributed by atoms with van der Waals surface area (Å²) in [5.41, 5.74) is 4.17. The normalized spacial score (nSPS) is 11.5. The lowest BCUT2D eigenvalue weighted by atomic mass is 9.99. The molecule has 3 rings (SSSR count). The first-order valence-electron chi connectivity index (χ1n) is 11.5. The fourth-order valence-electron chi connectivity index (χ4n) is 3.72. The van der Waals surface area contributed by atoms with Crippen LogP contribution in [0.25, 0.3) is 27.7 Å². The first-order chi connectivity index (χ1) is 16.5. The number of fused-ring (bicyclic) bond motifs is 1. The molecular formula is C27H33NO6. The van der Waals surface area contributed by atoms with Crippen molar-refractivity contribution >= 4 is 22.4 Å². The number of allylic oxidation sites excluding steroid dienone is 1. The van der Waals surface area contributed by atoms with Crippen LogP contribution >= 0.6 is 0 Å². The van der Waals surface area contributed by atoms with Crippen LogP contribution in [-0.2, 0) is 9.53 Å². The molecule has 0 aliphatic carbocycles. The van der Waals surface area contributed by atoms with Crippen LogP contribution in [0.3, 0.4) is 0 Å². The zero-order valence-corrected chi connectivity index (χ0v) is 20.5. The summed E-state index contributed by atoms with van der Waals surface area (Å²) < 4.78 is 27.9. The van der Waals surface area contributed by atoms with Crippen LogP contribution in [0, 0.1) is 0 Å². The third-order valence-electron chi connectivity index (χ3n) is 5.41. The van der Waals surface area contributed by atoms with Gasteiger partial charge in [-0.2, -0.15) is 0 Å². The second-order valence-electron chi connectivity index (χ2n) is 7.67. The van der Waals surface area contributed by atoms with E-state index < -0.39 is 0 Å². The maximum atomic E-state index is 12.4. The maximum absolute atomic E-state index is 12.4. The van der Waals surface area contributed by atoms with Crippen LogP contribution in [0.1, 0.15) is 32.8 Å². The lowest BCUT2D eigenvalue weighted by molar-refractivity contribution is -0.116. The molecule has 0 saturated carbocycles. The van der Waals surface area contributed by atoms with Gasteiger partial charge in [-0.1, -0.05) is 6.07 Å². The molecular weight excluding hydrogens is 434 g/mol. The molecule has 3 aromatic rings. The van der Waals surface area contributed by atoms with Crippen molar-refractivity contribution in [2.45, 2.75) is 27.2 Å². The van der Waals surface area contributed by atoms with Gasteiger partial charge in [0.25, 0.3) is 0 Å². The lowest BCUT2D eigenvalue weighted by Crippen LogP contribution is -2.23. The van der Waals surface area contributed by atoms with Crippen molar-refractivity contribution in [1.82, 2.24) is 5.32 Å². The van der Waals surface area contributed by atoms with E-state index in [4.69, 9.17) is 23.4 Å². The summed E-state index contributed by atoms with van der Waals surface area (Å²) in [7, 11) is 3.22. The molecule has 1 N–H and O–H groups in total. The van der Waals surface area contributed by atoms with Crippen molar-refractivity contribution in [2.24, 2.45) is 0 Å². The van der Waals surface area contributed by atoms with Gasteiger partial charge in [0.15, 0.2) is 11.5 Å². The molecule has 0 radical (unpaired) electrons. The third kappa shape index (κ3) is 5.91. The maximum Gasteiger partial charge on any atom is 0.244 e. The van der Waals surface area contributed by atoms with Crippen LogP contribution in [0.15, 0.2) is 47.1 Å². The predicted octanol–water partition coefficient (Wildman–Crippen LogP) is 5.46. The molecule has 0 spiro atoms. The van der Waals surface area contributed by atoms with Crippen LogP contribution in [0.4, 0.5) is 0 Å². The standard InChI is InChI=1S/C27H33NO6/c1-6-32-12-8-11-28-27(29)13-18(3)20-15-21-22(17-34-25(21)16-24(20)33-7-2)19-9-10-23(30-4)26(14-19)31-5/h9-10,13-17H,6-8,11-12H2,1-5H3,(H,28,29)/b18-13+. The van der Waals surface area contributed by atoms with E-state index in [0.29, 0.717) is 49.2 Å². The van der Waals surface area contributed by atoms with E-state index in [9.17, 15) is 4.79 Å². The fraction of sp³-hybridized carbons (Fsp3) is 0.370. The second-order valence-corrected chi connectivity index (χ2v) is 7.67. The largest absolute Gasteiger partial charge is 0.493 e. The zero-order valence-electron chi connectivity index (χ0n) is 20.5. The van der Waals surface area contributed by atoms with Crippen LogP contribution in [0.2, 0.25) is 0 Å². The Balaban J connectivity index is 1.95. The molecule has 0 atom stereocenters. The van der Waals surface area contributed by atoms with Crippen molar-refractivity contribution in [2.75, 3.05) is 40.6 Å². The van der Waals surface area contributed by atoms with E-state index in [0.717, 1.165) is 34.1 Å². The van der Waals surface area contributed by atoms with Crippen molar-refractivity contribution in [1.29, 1.82) is 0 Å². The van der Waals surface area contributed by atoms with Gasteiger partial charge in [-0.15, -0.1) is 0 Å². The Morgan fingerprint density at radius 2 is 1.82 bits per heavy atom. The predicted molar refractivity (Wildman–Crippen MR) is 134 cm³/mol. The highest BCUT2D eigenvalue weighted by Gasteiger charge is 2.16. The smallest absolute Gasteiger partial charge is 0.244 e. The van der Waals surface area contributed by atoms with Gasteiger partial charge in [0.05, 0.1) is 27.1 Å². The summed E-state index contributed by atoms with van der Waals surface area (Å²) >= 11 is 0. The van der Waals surface area contributed by atoms with Gasteiger partial charge in [-0.25, -0.2) is 0 Å². The minimum absolute atomic E-state index is 0.149. The second kappa shape index (κ2) is 12.1. The molecule has 0 aliphatic rings. The number of carbonyl (C=O) groups excluding carboxylic acids is 1. The number of hydrogen-bond donors (Lipinski definition) is 1. The van der Waals surface area contributed by atoms with Gasteiger partial charge in [0, 0.05) is 48.4 Å². The van der Waals surface area contributed by atoms with Gasteiger partial charge in [0.2, 0.25) is 5.91 Å². The highest BCUT2D eigenvalue weighted by molar-refractivity contribution is 6.00. The Bertz CT molecular complexity index is 1150. The summed E-state index contributed by atoms with van der Waals surface area (Å²) in [4.78, 5) is 12.4. The van der Waals surface area contributed by atoms with Crippen LogP contribution < -0.4 is 19.5 Å². The average molecular weight is 468 g/mol. The third-order valence-corrected chi connectivity index (χ3v) is 5.41. The van der Waals surface area contributed by atoms with E-state index >= 15 is 0 Å². The summed E-state index contributed by atoms with van der Waals surface area (Å²) in [6.45, 7) is 8.14. The molecule has 7 nitrogen and oxygen atoms in total. The van der Waals surface area contributed by atoms with Crippen LogP contribution in [-0.4, -0.2) is 46.5 Å². The SMILES string of the molecule is CCOCCCNC(=O)/C=C(\C)c1cc2c(-c3ccc(OC)c(OC)c3)coc2cc1OCC. The Morgan fingerprint density at radius 3 is 2.53 bits per heavy atom. The molecule has 7 heteroatoms. The Kier molecular flexibility index (Phi) is 8.99. The van der Waals surface area contributed by atoms with Gasteiger partial charge in [0.1, 0.15) is 11.3 Å². The first kappa shape index (κ1) is 25.2. The van der Waals surface area contributed by atoms with E-state index in [2.05, 4.69) is 5.32 Å². The molecule has 1 amide bonds. The summed E-state index contributed by atoms with van der Waals surface area (Å²) in [5.74, 6) is 1.81. The molecule has 1 heterocycles. The molecule has 0 fully saturated rings. The van der Waals surface area contributed by atoms with E-state index in [1.54, 1.807) is 26.6 Å². The van der Waals surface area contributed by atoms with Crippen molar-refractivity contribution in [3.05, 3.63) is 48.2 Å². The number of methoxy groups -OCH3 is 2. The van der Waals surface area contributed by atoms with Gasteiger partial charge >= 0.3 is 0 Å². The molecule has 182 valence electrons. The lowest BCUT2D eigenvalue weighted by Gasteiger charge is -2.12. The summed E-state index contributed by atoms with van der Waals surface area (Å²) in [6, 6.07) is 9.61. The molecule has 34 heavy (non-hydrogen) atoms. The number of benzene rings is 2. The summed E-state index contributed by atoms with van der Waals surface area (Å²) in [6.07, 6.45) is 4.09. The minimum Gasteiger partial charge on any atom is -0.493 e. The minimum atomic E-state index is -0.149. The first-order valence-corrected chi connectivity index (χ1v) is 11.5. The Labute approximate surface area is 200 Å². The topological polar surface area (TPSA) is 79.2 Å². The highest BCUT2D eigenvalue weighted by atomic mass is 16.5. The van der Waals surface area contributed by atoms with Gasteiger partial charge in [-0.3, -0.25) is 4.79 Å². The number of ether oxygens (including phenoxy) is 4. The average Bonchev–Trinajstić information content (AvgIpc) is 3.26. The Morgan fingerprint density at radius 1 is 1.03 bits per heavy atom.